The lowest BCUT2D eigenvalue weighted by atomic mass is 9.91. The van der Waals surface area contributed by atoms with Crippen LogP contribution >= 0.6 is 0 Å². The summed E-state index contributed by atoms with van der Waals surface area (Å²) in [7, 11) is -3.35. The van der Waals surface area contributed by atoms with Gasteiger partial charge >= 0.3 is 0 Å². The van der Waals surface area contributed by atoms with Crippen molar-refractivity contribution in [2.75, 3.05) is 6.26 Å². The Hall–Kier alpha value is -1.42. The number of allylic oxidation sites excluding steroid dienone is 2. The summed E-state index contributed by atoms with van der Waals surface area (Å²) >= 11 is 0. The molecule has 1 aliphatic rings. The molecule has 0 saturated heterocycles. The van der Waals surface area contributed by atoms with Gasteiger partial charge in [-0.05, 0) is 17.4 Å². The first-order valence-corrected chi connectivity index (χ1v) is 8.51. The summed E-state index contributed by atoms with van der Waals surface area (Å²) < 4.78 is 26.4. The lowest BCUT2D eigenvalue weighted by Crippen LogP contribution is -2.11. The minimum Gasteiger partial charge on any atom is -0.205 e. The van der Waals surface area contributed by atoms with E-state index >= 15 is 0 Å². The van der Waals surface area contributed by atoms with Gasteiger partial charge in [-0.15, -0.1) is 0 Å². The van der Waals surface area contributed by atoms with E-state index in [4.69, 9.17) is 0 Å². The zero-order chi connectivity index (χ0) is 15.0. The molecule has 4 heteroatoms. The molecule has 1 fully saturated rings. The number of sulfonamides is 1. The Kier molecular flexibility index (Phi) is 3.63. The minimum atomic E-state index is -3.35. The first-order valence-electron chi connectivity index (χ1n) is 6.67. The Bertz CT molecular complexity index is 651. The number of nitrogens with zero attached hydrogens (tertiary/aromatic N) is 1. The number of hydrogen-bond acceptors (Lipinski definition) is 2. The van der Waals surface area contributed by atoms with E-state index in [0.29, 0.717) is 0 Å². The van der Waals surface area contributed by atoms with Crippen LogP contribution in [0.5, 0.6) is 0 Å². The van der Waals surface area contributed by atoms with E-state index in [1.54, 1.807) is 6.21 Å². The molecule has 0 heterocycles. The Morgan fingerprint density at radius 3 is 2.30 bits per heavy atom. The number of rotatable bonds is 3. The topological polar surface area (TPSA) is 46.5 Å². The van der Waals surface area contributed by atoms with Gasteiger partial charge in [0, 0.05) is 6.21 Å². The summed E-state index contributed by atoms with van der Waals surface area (Å²) in [4.78, 5) is 0. The van der Waals surface area contributed by atoms with Crippen molar-refractivity contribution in [1.82, 2.24) is 0 Å². The third kappa shape index (κ3) is 3.57. The summed E-state index contributed by atoms with van der Waals surface area (Å²) in [5.74, 6) is 0. The molecule has 0 aromatic heterocycles. The fourth-order valence-electron chi connectivity index (χ4n) is 2.37. The van der Waals surface area contributed by atoms with Gasteiger partial charge in [-0.1, -0.05) is 62.8 Å². The first-order chi connectivity index (χ1) is 9.12. The molecule has 3 nitrogen and oxygen atoms in total. The number of hydrogen-bond donors (Lipinski definition) is 0. The van der Waals surface area contributed by atoms with Crippen molar-refractivity contribution in [3.63, 3.8) is 0 Å². The molecule has 0 bridgehead atoms. The summed E-state index contributed by atoms with van der Waals surface area (Å²) in [6, 6.07) is 9.95. The smallest absolute Gasteiger partial charge is 0.205 e. The van der Waals surface area contributed by atoms with Crippen LogP contribution in [0.25, 0.3) is 0 Å². The van der Waals surface area contributed by atoms with Crippen LogP contribution in [-0.4, -0.2) is 20.9 Å². The second-order valence-electron chi connectivity index (χ2n) is 6.52. The molecular formula is C16H21NO2S. The fraction of sp³-hybridized carbons (Fsp3) is 0.438. The van der Waals surface area contributed by atoms with Crippen molar-refractivity contribution in [2.24, 2.45) is 9.81 Å². The summed E-state index contributed by atoms with van der Waals surface area (Å²) in [5, 5.41) is 0. The van der Waals surface area contributed by atoms with E-state index in [1.807, 2.05) is 30.3 Å². The average Bonchev–Trinajstić information content (AvgIpc) is 2.99. The maximum Gasteiger partial charge on any atom is 0.249 e. The predicted octanol–water partition coefficient (Wildman–Crippen LogP) is 3.33. The van der Waals surface area contributed by atoms with Gasteiger partial charge in [-0.2, -0.15) is 4.40 Å². The highest BCUT2D eigenvalue weighted by molar-refractivity contribution is 7.89. The third-order valence-electron chi connectivity index (χ3n) is 3.28. The largest absolute Gasteiger partial charge is 0.249 e. The van der Waals surface area contributed by atoms with Crippen LogP contribution in [0, 0.1) is 5.41 Å². The summed E-state index contributed by atoms with van der Waals surface area (Å²) in [6.45, 7) is 6.42. The second-order valence-corrected chi connectivity index (χ2v) is 8.19. The molecule has 2 rings (SSSR count). The van der Waals surface area contributed by atoms with Gasteiger partial charge in [-0.25, -0.2) is 8.42 Å². The molecule has 1 unspecified atom stereocenters. The second kappa shape index (κ2) is 4.85. The van der Waals surface area contributed by atoms with Gasteiger partial charge in [-0.3, -0.25) is 0 Å². The first kappa shape index (κ1) is 15.0. The van der Waals surface area contributed by atoms with Crippen LogP contribution in [0.2, 0.25) is 0 Å². The molecule has 0 aliphatic heterocycles. The standard InChI is InChI=1S/C16H21NO2S/c1-15(2,3)10-14-11-16(14,12-17-20(4,18)19)13-8-6-5-7-9-13/h5-10,12H,11H2,1-4H3/b14-10-,17-12-. The SMILES string of the molecule is CC(C)(C)/C=C1/CC1(/C=N\S(C)(=O)=O)c1ccccc1. The average molecular weight is 291 g/mol. The van der Waals surface area contributed by atoms with Crippen LogP contribution in [0.1, 0.15) is 32.8 Å². The molecule has 20 heavy (non-hydrogen) atoms. The van der Waals surface area contributed by atoms with Crippen molar-refractivity contribution in [3.8, 4) is 0 Å². The van der Waals surface area contributed by atoms with E-state index in [2.05, 4.69) is 31.2 Å². The zero-order valence-electron chi connectivity index (χ0n) is 12.4. The summed E-state index contributed by atoms with van der Waals surface area (Å²) in [6.07, 6.45) is 5.77. The monoisotopic (exact) mass is 291 g/mol. The van der Waals surface area contributed by atoms with E-state index in [1.165, 1.54) is 5.57 Å². The molecule has 0 spiro atoms. The fourth-order valence-corrected chi connectivity index (χ4v) is 2.74. The van der Waals surface area contributed by atoms with Crippen LogP contribution in [-0.2, 0) is 15.4 Å². The maximum absolute atomic E-state index is 11.3. The predicted molar refractivity (Wildman–Crippen MR) is 83.6 cm³/mol. The molecular weight excluding hydrogens is 270 g/mol. The maximum atomic E-state index is 11.3. The van der Waals surface area contributed by atoms with Crippen molar-refractivity contribution in [1.29, 1.82) is 0 Å². The third-order valence-corrected chi connectivity index (χ3v) is 3.77. The highest BCUT2D eigenvalue weighted by atomic mass is 32.2. The normalized spacial score (nSPS) is 25.3. The van der Waals surface area contributed by atoms with E-state index in [0.717, 1.165) is 18.2 Å². The number of benzene rings is 1. The molecule has 1 aromatic rings. The molecule has 1 atom stereocenters. The molecule has 108 valence electrons. The van der Waals surface area contributed by atoms with Crippen molar-refractivity contribution < 1.29 is 8.42 Å². The Morgan fingerprint density at radius 2 is 1.80 bits per heavy atom. The summed E-state index contributed by atoms with van der Waals surface area (Å²) in [5.41, 5.74) is 2.08. The zero-order valence-corrected chi connectivity index (χ0v) is 13.2. The van der Waals surface area contributed by atoms with Crippen molar-refractivity contribution in [2.45, 2.75) is 32.6 Å². The van der Waals surface area contributed by atoms with Gasteiger partial charge in [0.15, 0.2) is 0 Å². The van der Waals surface area contributed by atoms with Gasteiger partial charge in [0.05, 0.1) is 11.7 Å². The van der Waals surface area contributed by atoms with Crippen LogP contribution < -0.4 is 0 Å². The van der Waals surface area contributed by atoms with Crippen LogP contribution in [0.4, 0.5) is 0 Å². The molecule has 0 amide bonds. The van der Waals surface area contributed by atoms with E-state index < -0.39 is 10.0 Å². The Balaban J connectivity index is 2.44. The quantitative estimate of drug-likeness (QED) is 0.633. The lowest BCUT2D eigenvalue weighted by molar-refractivity contribution is 0.542. The molecule has 0 radical (unpaired) electrons. The van der Waals surface area contributed by atoms with Crippen molar-refractivity contribution >= 4 is 16.2 Å². The molecule has 0 N–H and O–H groups in total. The van der Waals surface area contributed by atoms with Crippen LogP contribution in [0.3, 0.4) is 0 Å². The van der Waals surface area contributed by atoms with Gasteiger partial charge in [0.1, 0.15) is 0 Å². The molecule has 1 aromatic carbocycles. The Morgan fingerprint density at radius 1 is 1.20 bits per heavy atom. The van der Waals surface area contributed by atoms with Crippen LogP contribution in [0.15, 0.2) is 46.4 Å². The highest BCUT2D eigenvalue weighted by Gasteiger charge is 2.49. The van der Waals surface area contributed by atoms with Gasteiger partial charge < -0.3 is 0 Å². The Labute approximate surface area is 121 Å². The van der Waals surface area contributed by atoms with Crippen molar-refractivity contribution in [3.05, 3.63) is 47.5 Å². The van der Waals surface area contributed by atoms with Gasteiger partial charge in [0.2, 0.25) is 10.0 Å². The van der Waals surface area contributed by atoms with E-state index in [9.17, 15) is 8.42 Å². The minimum absolute atomic E-state index is 0.0742. The molecule has 1 saturated carbocycles. The van der Waals surface area contributed by atoms with E-state index in [-0.39, 0.29) is 10.8 Å². The lowest BCUT2D eigenvalue weighted by Gasteiger charge is -2.14. The highest BCUT2D eigenvalue weighted by Crippen LogP contribution is 2.53. The van der Waals surface area contributed by atoms with Gasteiger partial charge in [0.25, 0.3) is 0 Å². The molecule has 1 aliphatic carbocycles.